The van der Waals surface area contributed by atoms with Crippen LogP contribution in [0.25, 0.3) is 43.8 Å². The molecule has 4 aromatic carbocycles. The van der Waals surface area contributed by atoms with E-state index in [1.165, 1.54) is 0 Å². The van der Waals surface area contributed by atoms with Crippen molar-refractivity contribution in [3.05, 3.63) is 114 Å². The number of hydrogen-bond donors (Lipinski definition) is 4. The number of aryl methyl sites for hydroxylation is 1. The van der Waals surface area contributed by atoms with Crippen LogP contribution in [0.4, 0.5) is 16.3 Å². The van der Waals surface area contributed by atoms with E-state index in [9.17, 15) is 24.4 Å². The first-order chi connectivity index (χ1) is 41.1. The number of nitriles is 1. The van der Waals surface area contributed by atoms with Crippen LogP contribution in [0.1, 0.15) is 106 Å². The lowest BCUT2D eigenvalue weighted by Crippen LogP contribution is -2.49. The molecule has 3 aliphatic rings. The molecule has 0 unspecified atom stereocenters. The number of piperazine rings is 1. The number of pyridine rings is 1. The molecular weight excluding hydrogens is 1080 g/mol. The Kier molecular flexibility index (Phi) is 19.1. The molecule has 4 atom stereocenters. The molecule has 3 aromatic heterocycles. The van der Waals surface area contributed by atoms with Crippen LogP contribution >= 0.6 is 0 Å². The molecule has 3 fully saturated rings. The van der Waals surface area contributed by atoms with Crippen LogP contribution < -0.4 is 30.3 Å². The summed E-state index contributed by atoms with van der Waals surface area (Å²) in [6.07, 6.45) is 7.42. The van der Waals surface area contributed by atoms with Crippen molar-refractivity contribution in [2.45, 2.75) is 103 Å². The number of benzene rings is 4. The van der Waals surface area contributed by atoms with E-state index in [0.29, 0.717) is 111 Å². The summed E-state index contributed by atoms with van der Waals surface area (Å²) in [5, 5.41) is 21.2. The number of nitrogens with one attached hydrogen (secondary N) is 4. The van der Waals surface area contributed by atoms with E-state index in [2.05, 4.69) is 36.8 Å². The maximum absolute atomic E-state index is 14.0. The first kappa shape index (κ1) is 59.8. The Balaban J connectivity index is 0.613. The second-order valence-electron chi connectivity index (χ2n) is 23.2. The molecule has 10 rings (SSSR count). The molecule has 2 saturated heterocycles. The van der Waals surface area contributed by atoms with E-state index < -0.39 is 23.8 Å². The lowest BCUT2D eigenvalue weighted by molar-refractivity contribution is -0.134. The fourth-order valence-corrected chi connectivity index (χ4v) is 11.9. The van der Waals surface area contributed by atoms with Gasteiger partial charge in [0.05, 0.1) is 81.0 Å². The maximum atomic E-state index is 14.0. The van der Waals surface area contributed by atoms with Crippen LogP contribution in [0, 0.1) is 24.2 Å². The van der Waals surface area contributed by atoms with Crippen LogP contribution in [0.5, 0.6) is 11.5 Å². The normalized spacial score (nSPS) is 17.5. The first-order valence-electron chi connectivity index (χ1n) is 29.6. The van der Waals surface area contributed by atoms with Crippen molar-refractivity contribution in [3.8, 4) is 28.7 Å². The fourth-order valence-electron chi connectivity index (χ4n) is 11.9. The highest BCUT2D eigenvalue weighted by atomic mass is 16.6. The van der Waals surface area contributed by atoms with Gasteiger partial charge in [-0.3, -0.25) is 29.6 Å². The number of rotatable bonds is 22. The van der Waals surface area contributed by atoms with Gasteiger partial charge in [-0.2, -0.15) is 5.26 Å². The van der Waals surface area contributed by atoms with Gasteiger partial charge in [0.25, 0.3) is 5.91 Å². The van der Waals surface area contributed by atoms with Gasteiger partial charge in [-0.1, -0.05) is 43.2 Å². The zero-order chi connectivity index (χ0) is 59.6. The van der Waals surface area contributed by atoms with Crippen LogP contribution in [0.2, 0.25) is 0 Å². The number of fused-ring (bicyclic) bond motifs is 6. The Labute approximate surface area is 495 Å². The number of hydrogen-bond acceptors (Lipinski definition) is 15. The van der Waals surface area contributed by atoms with E-state index in [0.717, 1.165) is 102 Å². The Morgan fingerprint density at radius 3 is 2.31 bits per heavy atom. The zero-order valence-corrected chi connectivity index (χ0v) is 49.5. The number of H-pyrrole nitrogens is 1. The van der Waals surface area contributed by atoms with Gasteiger partial charge >= 0.3 is 6.09 Å². The van der Waals surface area contributed by atoms with E-state index in [-0.39, 0.29) is 23.8 Å². The summed E-state index contributed by atoms with van der Waals surface area (Å²) in [7, 11) is 1.63. The lowest BCUT2D eigenvalue weighted by atomic mass is 9.84. The third kappa shape index (κ3) is 14.8. The van der Waals surface area contributed by atoms with Gasteiger partial charge < -0.3 is 49.1 Å². The van der Waals surface area contributed by atoms with Gasteiger partial charge in [0.2, 0.25) is 11.8 Å². The SMILES string of the molecule is COc1cc2c(cc1OCCCN1CCN(C(=O)CCOCCOCCNC(=O)[C@@H]3C[C@@H]4CCCC[C@@H]4N3c3cc([C@H](C)NC(=O)c4ccc(-c5ccc(NC(=O)OC(C)(C)C)cc5)cc4)nc(C)n3)CC1)ncc1c3ccc(C#N)cc3[nH]c21. The maximum Gasteiger partial charge on any atom is 0.412 e. The van der Waals surface area contributed by atoms with Crippen molar-refractivity contribution in [2.24, 2.45) is 5.92 Å². The number of nitrogens with zero attached hydrogens (tertiary/aromatic N) is 7. The summed E-state index contributed by atoms with van der Waals surface area (Å²) in [4.78, 5) is 77.1. The monoisotopic (exact) mass is 1160 g/mol. The second kappa shape index (κ2) is 27.1. The molecule has 1 aliphatic carbocycles. The Morgan fingerprint density at radius 2 is 1.56 bits per heavy atom. The van der Waals surface area contributed by atoms with Crippen molar-refractivity contribution >= 4 is 68.0 Å². The predicted molar refractivity (Wildman–Crippen MR) is 326 cm³/mol. The third-order valence-corrected chi connectivity index (χ3v) is 16.1. The minimum absolute atomic E-state index is 0.0679. The van der Waals surface area contributed by atoms with Gasteiger partial charge in [0, 0.05) is 96.6 Å². The van der Waals surface area contributed by atoms with Crippen LogP contribution in [0.15, 0.2) is 91.1 Å². The third-order valence-electron chi connectivity index (χ3n) is 16.1. The number of methoxy groups -OCH3 is 1. The molecule has 7 aromatic rings. The molecule has 4 N–H and O–H groups in total. The first-order valence-corrected chi connectivity index (χ1v) is 29.6. The van der Waals surface area contributed by atoms with E-state index in [1.807, 2.05) is 106 Å². The van der Waals surface area contributed by atoms with Gasteiger partial charge in [-0.15, -0.1) is 0 Å². The summed E-state index contributed by atoms with van der Waals surface area (Å²) >= 11 is 0. The molecule has 4 amide bonds. The average molecular weight is 1160 g/mol. The molecule has 5 heterocycles. The van der Waals surface area contributed by atoms with Crippen molar-refractivity contribution in [1.82, 2.24) is 40.4 Å². The number of carbonyl (C=O) groups is 4. The summed E-state index contributed by atoms with van der Waals surface area (Å²) in [6.45, 7) is 15.1. The van der Waals surface area contributed by atoms with Crippen LogP contribution in [-0.4, -0.2) is 151 Å². The quantitative estimate of drug-likeness (QED) is 0.0462. The molecule has 20 heteroatoms. The molecule has 0 spiro atoms. The molecule has 2 aliphatic heterocycles. The topological polar surface area (TPSA) is 238 Å². The number of aromatic amines is 1. The average Bonchev–Trinajstić information content (AvgIpc) is 3.45. The van der Waals surface area contributed by atoms with Crippen molar-refractivity contribution in [3.63, 3.8) is 0 Å². The molecule has 0 bridgehead atoms. The summed E-state index contributed by atoms with van der Waals surface area (Å²) < 4.78 is 28.9. The highest BCUT2D eigenvalue weighted by Gasteiger charge is 2.46. The van der Waals surface area contributed by atoms with Crippen LogP contribution in [0.3, 0.4) is 0 Å². The molecule has 0 radical (unpaired) electrons. The van der Waals surface area contributed by atoms with Gasteiger partial charge in [-0.05, 0) is 120 Å². The van der Waals surface area contributed by atoms with Gasteiger partial charge in [-0.25, -0.2) is 14.8 Å². The van der Waals surface area contributed by atoms with Gasteiger partial charge in [0.15, 0.2) is 11.5 Å². The summed E-state index contributed by atoms with van der Waals surface area (Å²) in [5.74, 6) is 2.63. The Morgan fingerprint density at radius 1 is 0.824 bits per heavy atom. The number of carbonyl (C=O) groups excluding carboxylic acids is 4. The smallest absolute Gasteiger partial charge is 0.412 e. The van der Waals surface area contributed by atoms with E-state index >= 15 is 0 Å². The Hall–Kier alpha value is -8.38. The molecule has 1 saturated carbocycles. The summed E-state index contributed by atoms with van der Waals surface area (Å²) in [5.41, 5.74) is 6.20. The lowest BCUT2D eigenvalue weighted by Gasteiger charge is -2.35. The minimum Gasteiger partial charge on any atom is -0.493 e. The number of ether oxygens (including phenoxy) is 5. The highest BCUT2D eigenvalue weighted by Crippen LogP contribution is 2.43. The summed E-state index contributed by atoms with van der Waals surface area (Å²) in [6, 6.07) is 27.7. The van der Waals surface area contributed by atoms with Crippen molar-refractivity contribution in [2.75, 3.05) is 89.6 Å². The number of aromatic nitrogens is 4. The highest BCUT2D eigenvalue weighted by molar-refractivity contribution is 6.16. The predicted octanol–water partition coefficient (Wildman–Crippen LogP) is 9.64. The molecular formula is C65H77N11O9. The van der Waals surface area contributed by atoms with Gasteiger partial charge in [0.1, 0.15) is 23.3 Å². The molecule has 446 valence electrons. The Bertz CT molecular complexity index is 3550. The second-order valence-corrected chi connectivity index (χ2v) is 23.2. The molecule has 85 heavy (non-hydrogen) atoms. The minimum atomic E-state index is -0.601. The van der Waals surface area contributed by atoms with Crippen molar-refractivity contribution in [1.29, 1.82) is 5.26 Å². The molecule has 20 nitrogen and oxygen atoms in total. The zero-order valence-electron chi connectivity index (χ0n) is 49.5. The van der Waals surface area contributed by atoms with E-state index in [4.69, 9.17) is 38.6 Å². The van der Waals surface area contributed by atoms with Crippen LogP contribution in [-0.2, 0) is 23.8 Å². The number of amides is 4. The van der Waals surface area contributed by atoms with E-state index in [1.54, 1.807) is 31.4 Å². The number of anilines is 2. The fraction of sp³-hybridized carbons (Fsp3) is 0.446. The van der Waals surface area contributed by atoms with Crippen molar-refractivity contribution < 1.29 is 42.9 Å². The standard InChI is InChI=1S/C65H77N11O9/c1-41(69-62(78)46-15-13-44(14-16-46)45-17-19-48(20-18-45)72-64(80)85-65(3,4)5)52-38-59(71-42(2)70-52)76-55-11-8-7-10-47(55)35-56(76)63(79)67-23-31-83-33-32-82-30-22-60(77)75-27-25-74(26-28-75)24-9-29-84-58-37-53-50(36-57(58)81-6)61-51(40-68-53)49-21-12-43(39-66)34-54(49)73-61/h12-21,34,36-38,40-41,47,55-56,73H,7-11,22-33,35H2,1-6H3,(H,67,79)(H,69,78)(H,72,80)/t41-,47-,55-,56-/m0/s1. The largest absolute Gasteiger partial charge is 0.493 e.